The molecule has 3 nitrogen and oxygen atoms in total. The van der Waals surface area contributed by atoms with Crippen LogP contribution in [0.4, 0.5) is 17.1 Å². The summed E-state index contributed by atoms with van der Waals surface area (Å²) in [6, 6.07) is 65.7. The van der Waals surface area contributed by atoms with Gasteiger partial charge in [0.05, 0.1) is 0 Å². The van der Waals surface area contributed by atoms with Gasteiger partial charge in [-0.1, -0.05) is 121 Å². The Balaban J connectivity index is 0.974. The zero-order valence-corrected chi connectivity index (χ0v) is 31.6. The van der Waals surface area contributed by atoms with Crippen LogP contribution in [-0.4, -0.2) is 4.98 Å². The quantitative estimate of drug-likeness (QED) is 0.175. The highest BCUT2D eigenvalue weighted by molar-refractivity contribution is 7.27. The molecule has 5 heteroatoms. The van der Waals surface area contributed by atoms with Gasteiger partial charge in [0.2, 0.25) is 5.89 Å². The summed E-state index contributed by atoms with van der Waals surface area (Å²) in [5.74, 6) is 0.635. The lowest BCUT2D eigenvalue weighted by Gasteiger charge is -2.26. The molecule has 9 aromatic carbocycles. The predicted octanol–water partition coefficient (Wildman–Crippen LogP) is 15.7. The lowest BCUT2D eigenvalue weighted by molar-refractivity contribution is 0.620. The maximum atomic E-state index is 6.04. The van der Waals surface area contributed by atoms with Gasteiger partial charge >= 0.3 is 0 Å². The molecule has 0 radical (unpaired) electrons. The Morgan fingerprint density at radius 1 is 0.393 bits per heavy atom. The van der Waals surface area contributed by atoms with E-state index in [1.165, 1.54) is 61.9 Å². The first-order chi connectivity index (χ1) is 27.7. The molecule has 0 bridgehead atoms. The van der Waals surface area contributed by atoms with E-state index in [1.54, 1.807) is 0 Å². The van der Waals surface area contributed by atoms with Gasteiger partial charge in [0.15, 0.2) is 5.58 Å². The molecule has 0 aliphatic carbocycles. The van der Waals surface area contributed by atoms with Crippen molar-refractivity contribution in [3.05, 3.63) is 182 Å². The van der Waals surface area contributed by atoms with Crippen molar-refractivity contribution in [2.75, 3.05) is 4.90 Å². The van der Waals surface area contributed by atoms with Crippen molar-refractivity contribution in [2.24, 2.45) is 0 Å². The summed E-state index contributed by atoms with van der Waals surface area (Å²) in [6.45, 7) is 0. The van der Waals surface area contributed by atoms with E-state index in [4.69, 9.17) is 9.40 Å². The van der Waals surface area contributed by atoms with E-state index in [1.807, 2.05) is 46.9 Å². The lowest BCUT2D eigenvalue weighted by Crippen LogP contribution is -2.09. The summed E-state index contributed by atoms with van der Waals surface area (Å²) < 4.78 is 11.3. The Morgan fingerprint density at radius 2 is 0.875 bits per heavy atom. The summed E-state index contributed by atoms with van der Waals surface area (Å²) in [6.07, 6.45) is 0. The molecule has 0 aliphatic heterocycles. The Kier molecular flexibility index (Phi) is 6.97. The fraction of sp³-hybridized carbons (Fsp3) is 0. The molecule has 0 saturated heterocycles. The van der Waals surface area contributed by atoms with Crippen LogP contribution in [0.5, 0.6) is 0 Å². The van der Waals surface area contributed by atoms with Crippen LogP contribution in [-0.2, 0) is 0 Å². The van der Waals surface area contributed by atoms with E-state index in [0.29, 0.717) is 5.89 Å². The van der Waals surface area contributed by atoms with E-state index in [-0.39, 0.29) is 0 Å². The van der Waals surface area contributed by atoms with Crippen molar-refractivity contribution < 1.29 is 4.42 Å². The Morgan fingerprint density at radius 3 is 1.46 bits per heavy atom. The maximum Gasteiger partial charge on any atom is 0.227 e. The van der Waals surface area contributed by atoms with E-state index in [0.717, 1.165) is 44.9 Å². The van der Waals surface area contributed by atoms with Gasteiger partial charge in [-0.2, -0.15) is 0 Å². The van der Waals surface area contributed by atoms with Gasteiger partial charge in [-0.3, -0.25) is 0 Å². The number of thiophene rings is 2. The minimum atomic E-state index is 0.635. The standard InChI is InChI=1S/C51H30N2OS2/c1-3-9-39-33(7-1)19-25-43-41-27-23-37(29-47(41)55-49(39)43)53(38-24-28-42-44-26-20-34-8-2-4-10-40(34)50(44)56-48(42)30-38)36-21-17-32(18-22-36)31-13-15-35(16-14-31)51-52-45-11-5-6-12-46(45)54-51/h1-30H. The molecular weight excluding hydrogens is 721 g/mol. The molecule has 0 spiro atoms. The van der Waals surface area contributed by atoms with E-state index >= 15 is 0 Å². The predicted molar refractivity (Wildman–Crippen MR) is 240 cm³/mol. The lowest BCUT2D eigenvalue weighted by atomic mass is 10.0. The van der Waals surface area contributed by atoms with Crippen molar-refractivity contribution in [3.8, 4) is 22.6 Å². The van der Waals surface area contributed by atoms with Crippen molar-refractivity contribution in [1.82, 2.24) is 4.98 Å². The molecule has 0 amide bonds. The zero-order valence-electron chi connectivity index (χ0n) is 29.9. The number of rotatable bonds is 5. The molecule has 0 fully saturated rings. The first-order valence-corrected chi connectivity index (χ1v) is 20.4. The highest BCUT2D eigenvalue weighted by atomic mass is 32.1. The van der Waals surface area contributed by atoms with E-state index in [9.17, 15) is 0 Å². The third kappa shape index (κ3) is 4.98. The zero-order chi connectivity index (χ0) is 36.7. The monoisotopic (exact) mass is 750 g/mol. The average Bonchev–Trinajstić information content (AvgIpc) is 3.97. The molecule has 0 unspecified atom stereocenters. The van der Waals surface area contributed by atoms with Gasteiger partial charge in [0.1, 0.15) is 5.52 Å². The number of fused-ring (bicyclic) bond motifs is 11. The van der Waals surface area contributed by atoms with Crippen LogP contribution in [0.3, 0.4) is 0 Å². The van der Waals surface area contributed by atoms with Crippen molar-refractivity contribution >= 4 is 113 Å². The molecule has 0 atom stereocenters. The molecule has 56 heavy (non-hydrogen) atoms. The minimum absolute atomic E-state index is 0.635. The average molecular weight is 751 g/mol. The normalized spacial score (nSPS) is 11.9. The Bertz CT molecular complexity index is 3300. The van der Waals surface area contributed by atoms with Gasteiger partial charge in [0.25, 0.3) is 0 Å². The molecule has 12 aromatic rings. The third-order valence-electron chi connectivity index (χ3n) is 11.1. The van der Waals surface area contributed by atoms with Crippen molar-refractivity contribution in [3.63, 3.8) is 0 Å². The minimum Gasteiger partial charge on any atom is -0.436 e. The molecule has 0 aliphatic rings. The summed E-state index contributed by atoms with van der Waals surface area (Å²) in [5.41, 5.74) is 8.29. The van der Waals surface area contributed by atoms with E-state index < -0.39 is 0 Å². The van der Waals surface area contributed by atoms with Crippen LogP contribution < -0.4 is 4.90 Å². The van der Waals surface area contributed by atoms with Crippen LogP contribution >= 0.6 is 22.7 Å². The summed E-state index contributed by atoms with van der Waals surface area (Å²) in [4.78, 5) is 7.10. The summed E-state index contributed by atoms with van der Waals surface area (Å²) in [5, 5.41) is 10.4. The number of hydrogen-bond donors (Lipinski definition) is 0. The molecule has 3 heterocycles. The topological polar surface area (TPSA) is 29.3 Å². The molecular formula is C51H30N2OS2. The molecule has 262 valence electrons. The van der Waals surface area contributed by atoms with Crippen molar-refractivity contribution in [2.45, 2.75) is 0 Å². The molecule has 12 rings (SSSR count). The first kappa shape index (κ1) is 31.5. The van der Waals surface area contributed by atoms with Crippen molar-refractivity contribution in [1.29, 1.82) is 0 Å². The summed E-state index contributed by atoms with van der Waals surface area (Å²) in [7, 11) is 0. The second kappa shape index (κ2) is 12.4. The fourth-order valence-electron chi connectivity index (χ4n) is 8.32. The highest BCUT2D eigenvalue weighted by Gasteiger charge is 2.18. The maximum absolute atomic E-state index is 6.04. The molecule has 0 saturated carbocycles. The van der Waals surface area contributed by atoms with Crippen LogP contribution in [0.1, 0.15) is 0 Å². The van der Waals surface area contributed by atoms with Crippen LogP contribution in [0.2, 0.25) is 0 Å². The number of hydrogen-bond acceptors (Lipinski definition) is 5. The smallest absolute Gasteiger partial charge is 0.227 e. The number of anilines is 3. The van der Waals surface area contributed by atoms with Crippen LogP contribution in [0.15, 0.2) is 186 Å². The largest absolute Gasteiger partial charge is 0.436 e. The SMILES string of the molecule is c1ccc2c(c1)ccc1c3ccc(N(c4ccc(-c5ccc(-c6nc7ccccc7o6)cc5)cc4)c4ccc5c(c4)sc4c6ccccc6ccc54)cc3sc21. The van der Waals surface area contributed by atoms with Gasteiger partial charge in [-0.25, -0.2) is 4.98 Å². The molecule has 3 aromatic heterocycles. The van der Waals surface area contributed by atoms with E-state index in [2.05, 4.69) is 163 Å². The number of para-hydroxylation sites is 2. The Labute approximate surface area is 329 Å². The van der Waals surface area contributed by atoms with Gasteiger partial charge in [0, 0.05) is 63.0 Å². The first-order valence-electron chi connectivity index (χ1n) is 18.8. The number of aromatic nitrogens is 1. The van der Waals surface area contributed by atoms with Crippen LogP contribution in [0, 0.1) is 0 Å². The number of benzene rings is 9. The second-order valence-electron chi connectivity index (χ2n) is 14.3. The third-order valence-corrected chi connectivity index (χ3v) is 13.5. The van der Waals surface area contributed by atoms with Gasteiger partial charge < -0.3 is 9.32 Å². The highest BCUT2D eigenvalue weighted by Crippen LogP contribution is 2.45. The van der Waals surface area contributed by atoms with Gasteiger partial charge in [-0.05, 0) is 93.3 Å². The van der Waals surface area contributed by atoms with Gasteiger partial charge in [-0.15, -0.1) is 22.7 Å². The second-order valence-corrected chi connectivity index (χ2v) is 16.4. The fourth-order valence-corrected chi connectivity index (χ4v) is 10.9. The number of nitrogens with zero attached hydrogens (tertiary/aromatic N) is 2. The molecule has 0 N–H and O–H groups in total. The summed E-state index contributed by atoms with van der Waals surface area (Å²) >= 11 is 3.77. The number of oxazole rings is 1. The van der Waals surface area contributed by atoms with Crippen LogP contribution in [0.25, 0.3) is 95.6 Å². The Hall–Kier alpha value is -6.79.